The first-order valence-corrected chi connectivity index (χ1v) is 8.22. The molecule has 0 aliphatic carbocycles. The summed E-state index contributed by atoms with van der Waals surface area (Å²) in [6.45, 7) is 4.90. The third kappa shape index (κ3) is 3.96. The fourth-order valence-electron chi connectivity index (χ4n) is 1.97. The number of furan rings is 1. The predicted molar refractivity (Wildman–Crippen MR) is 82.9 cm³/mol. The summed E-state index contributed by atoms with van der Waals surface area (Å²) in [6, 6.07) is 9.00. The van der Waals surface area contributed by atoms with Crippen molar-refractivity contribution in [3.8, 4) is 0 Å². The van der Waals surface area contributed by atoms with Gasteiger partial charge in [-0.3, -0.25) is 4.79 Å². The van der Waals surface area contributed by atoms with E-state index in [-0.39, 0.29) is 10.8 Å². The Labute approximate surface area is 129 Å². The van der Waals surface area contributed by atoms with Gasteiger partial charge >= 0.3 is 0 Å². The van der Waals surface area contributed by atoms with Crippen LogP contribution >= 0.6 is 0 Å². The summed E-state index contributed by atoms with van der Waals surface area (Å²) in [5.41, 5.74) is 0.543. The smallest absolute Gasteiger partial charge is 0.241 e. The molecule has 0 aliphatic rings. The van der Waals surface area contributed by atoms with Crippen LogP contribution in [0.2, 0.25) is 0 Å². The van der Waals surface area contributed by atoms with Crippen molar-refractivity contribution in [2.45, 2.75) is 31.7 Å². The van der Waals surface area contributed by atoms with Crippen LogP contribution in [0.5, 0.6) is 0 Å². The van der Waals surface area contributed by atoms with E-state index in [0.717, 1.165) is 5.76 Å². The van der Waals surface area contributed by atoms with Crippen molar-refractivity contribution in [3.05, 3.63) is 47.9 Å². The lowest BCUT2D eigenvalue weighted by Crippen LogP contribution is -2.26. The first-order valence-electron chi connectivity index (χ1n) is 6.74. The van der Waals surface area contributed by atoms with Gasteiger partial charge < -0.3 is 9.73 Å². The van der Waals surface area contributed by atoms with Crippen LogP contribution < -0.4 is 10.0 Å². The van der Waals surface area contributed by atoms with Gasteiger partial charge in [0.1, 0.15) is 11.5 Å². The van der Waals surface area contributed by atoms with Gasteiger partial charge in [0.05, 0.1) is 10.9 Å². The van der Waals surface area contributed by atoms with Crippen molar-refractivity contribution in [2.75, 3.05) is 5.32 Å². The summed E-state index contributed by atoms with van der Waals surface area (Å²) in [5.74, 6) is 1.06. The molecule has 0 unspecified atom stereocenters. The zero-order chi connectivity index (χ0) is 16.3. The first kappa shape index (κ1) is 16.3. The van der Waals surface area contributed by atoms with Crippen LogP contribution in [0.15, 0.2) is 45.7 Å². The number of rotatable bonds is 5. The van der Waals surface area contributed by atoms with Crippen molar-refractivity contribution in [2.24, 2.45) is 0 Å². The molecule has 2 rings (SSSR count). The van der Waals surface area contributed by atoms with E-state index < -0.39 is 16.1 Å². The number of sulfonamides is 1. The lowest BCUT2D eigenvalue weighted by atomic mass is 10.3. The van der Waals surface area contributed by atoms with Crippen LogP contribution in [0.4, 0.5) is 5.69 Å². The van der Waals surface area contributed by atoms with Crippen LogP contribution in [0.3, 0.4) is 0 Å². The molecule has 1 amide bonds. The Bertz CT molecular complexity index is 763. The number of hydrogen-bond donors (Lipinski definition) is 2. The molecule has 2 aromatic rings. The van der Waals surface area contributed by atoms with E-state index in [1.54, 1.807) is 26.0 Å². The minimum atomic E-state index is -3.67. The Hall–Kier alpha value is -2.12. The monoisotopic (exact) mass is 322 g/mol. The Kier molecular flexibility index (Phi) is 4.68. The molecule has 0 aliphatic heterocycles. The zero-order valence-corrected chi connectivity index (χ0v) is 13.4. The molecule has 0 fully saturated rings. The second kappa shape index (κ2) is 6.33. The third-order valence-corrected chi connectivity index (χ3v) is 4.56. The van der Waals surface area contributed by atoms with Crippen molar-refractivity contribution in [1.82, 2.24) is 4.72 Å². The van der Waals surface area contributed by atoms with Gasteiger partial charge in [-0.05, 0) is 50.2 Å². The summed E-state index contributed by atoms with van der Waals surface area (Å²) >= 11 is 0. The van der Waals surface area contributed by atoms with Gasteiger partial charge in [0.2, 0.25) is 15.9 Å². The number of carbonyl (C=O) groups is 1. The number of anilines is 1. The summed E-state index contributed by atoms with van der Waals surface area (Å²) in [7, 11) is -3.67. The number of hydrogen-bond acceptors (Lipinski definition) is 4. The number of benzene rings is 1. The topological polar surface area (TPSA) is 88.4 Å². The molecule has 1 aromatic carbocycles. The zero-order valence-electron chi connectivity index (χ0n) is 12.6. The molecule has 0 saturated heterocycles. The summed E-state index contributed by atoms with van der Waals surface area (Å²) in [4.78, 5) is 11.1. The Morgan fingerprint density at radius 1 is 1.14 bits per heavy atom. The molecule has 0 bridgehead atoms. The number of amides is 1. The van der Waals surface area contributed by atoms with Gasteiger partial charge in [-0.25, -0.2) is 13.1 Å². The van der Waals surface area contributed by atoms with Gasteiger partial charge in [0.25, 0.3) is 0 Å². The molecule has 0 spiro atoms. The first-order chi connectivity index (χ1) is 10.3. The molecule has 118 valence electrons. The molecule has 2 N–H and O–H groups in total. The standard InChI is InChI=1S/C15H18N2O4S/c1-10-4-9-15(21-10)11(2)17-22(19,20)14-7-5-13(6-8-14)16-12(3)18/h4-9,11,17H,1-3H3,(H,16,18)/t11-/m1/s1. The fraction of sp³-hybridized carbons (Fsp3) is 0.267. The van der Waals surface area contributed by atoms with Crippen LogP contribution in [-0.2, 0) is 14.8 Å². The molecule has 7 heteroatoms. The van der Waals surface area contributed by atoms with Crippen molar-refractivity contribution in [1.29, 1.82) is 0 Å². The van der Waals surface area contributed by atoms with E-state index in [9.17, 15) is 13.2 Å². The summed E-state index contributed by atoms with van der Waals surface area (Å²) in [5, 5.41) is 2.58. The maximum absolute atomic E-state index is 12.3. The molecular formula is C15H18N2O4S. The number of aryl methyl sites for hydroxylation is 1. The van der Waals surface area contributed by atoms with Crippen LogP contribution in [0.25, 0.3) is 0 Å². The molecule has 6 nitrogen and oxygen atoms in total. The van der Waals surface area contributed by atoms with E-state index in [1.807, 2.05) is 0 Å². The van der Waals surface area contributed by atoms with Gasteiger partial charge in [-0.1, -0.05) is 0 Å². The largest absolute Gasteiger partial charge is 0.465 e. The molecule has 1 heterocycles. The summed E-state index contributed by atoms with van der Waals surface area (Å²) in [6.07, 6.45) is 0. The Balaban J connectivity index is 2.14. The average Bonchev–Trinajstić information content (AvgIpc) is 2.85. The number of carbonyl (C=O) groups excluding carboxylic acids is 1. The average molecular weight is 322 g/mol. The normalized spacial score (nSPS) is 12.9. The van der Waals surface area contributed by atoms with Crippen molar-refractivity contribution >= 4 is 21.6 Å². The molecular weight excluding hydrogens is 304 g/mol. The van der Waals surface area contributed by atoms with Crippen molar-refractivity contribution in [3.63, 3.8) is 0 Å². The lowest BCUT2D eigenvalue weighted by molar-refractivity contribution is -0.114. The molecule has 0 saturated carbocycles. The highest BCUT2D eigenvalue weighted by Gasteiger charge is 2.20. The summed E-state index contributed by atoms with van der Waals surface area (Å²) < 4.78 is 32.6. The quantitative estimate of drug-likeness (QED) is 0.885. The highest BCUT2D eigenvalue weighted by Crippen LogP contribution is 2.20. The highest BCUT2D eigenvalue weighted by molar-refractivity contribution is 7.89. The van der Waals surface area contributed by atoms with E-state index >= 15 is 0 Å². The van der Waals surface area contributed by atoms with E-state index in [2.05, 4.69) is 10.0 Å². The maximum atomic E-state index is 12.3. The predicted octanol–water partition coefficient (Wildman–Crippen LogP) is 2.59. The SMILES string of the molecule is CC(=O)Nc1ccc(S(=O)(=O)N[C@H](C)c2ccc(C)o2)cc1. The van der Waals surface area contributed by atoms with Gasteiger partial charge in [-0.2, -0.15) is 0 Å². The molecule has 0 radical (unpaired) electrons. The Morgan fingerprint density at radius 2 is 1.77 bits per heavy atom. The second-order valence-electron chi connectivity index (χ2n) is 5.00. The van der Waals surface area contributed by atoms with Gasteiger partial charge in [0, 0.05) is 12.6 Å². The van der Waals surface area contributed by atoms with Crippen LogP contribution in [0.1, 0.15) is 31.4 Å². The minimum absolute atomic E-state index is 0.122. The van der Waals surface area contributed by atoms with Gasteiger partial charge in [-0.15, -0.1) is 0 Å². The second-order valence-corrected chi connectivity index (χ2v) is 6.71. The molecule has 22 heavy (non-hydrogen) atoms. The van der Waals surface area contributed by atoms with Gasteiger partial charge in [0.15, 0.2) is 0 Å². The fourth-order valence-corrected chi connectivity index (χ4v) is 3.18. The number of nitrogens with one attached hydrogen (secondary N) is 2. The molecule has 1 aromatic heterocycles. The van der Waals surface area contributed by atoms with E-state index in [0.29, 0.717) is 11.4 Å². The Morgan fingerprint density at radius 3 is 2.27 bits per heavy atom. The maximum Gasteiger partial charge on any atom is 0.241 e. The lowest BCUT2D eigenvalue weighted by Gasteiger charge is -2.12. The third-order valence-electron chi connectivity index (χ3n) is 3.00. The van der Waals surface area contributed by atoms with Crippen molar-refractivity contribution < 1.29 is 17.6 Å². The van der Waals surface area contributed by atoms with E-state index in [1.165, 1.54) is 31.2 Å². The van der Waals surface area contributed by atoms with E-state index in [4.69, 9.17) is 4.42 Å². The van der Waals surface area contributed by atoms with Crippen LogP contribution in [-0.4, -0.2) is 14.3 Å². The van der Waals surface area contributed by atoms with Crippen LogP contribution in [0, 0.1) is 6.92 Å². The highest BCUT2D eigenvalue weighted by atomic mass is 32.2. The molecule has 1 atom stereocenters. The minimum Gasteiger partial charge on any atom is -0.465 e.